The van der Waals surface area contributed by atoms with Crippen molar-refractivity contribution in [3.8, 4) is 0 Å². The van der Waals surface area contributed by atoms with Crippen LogP contribution in [0.4, 0.5) is 5.69 Å². The molecular formula is C18H23N3O2. The fraction of sp³-hybridized carbons (Fsp3) is 0.444. The van der Waals surface area contributed by atoms with Crippen molar-refractivity contribution in [2.75, 3.05) is 44.2 Å². The van der Waals surface area contributed by atoms with Gasteiger partial charge in [0, 0.05) is 37.8 Å². The van der Waals surface area contributed by atoms with Gasteiger partial charge in [-0.2, -0.15) is 0 Å². The van der Waals surface area contributed by atoms with E-state index in [0.717, 1.165) is 49.3 Å². The first-order chi connectivity index (χ1) is 11.2. The van der Waals surface area contributed by atoms with Gasteiger partial charge in [0.1, 0.15) is 5.56 Å². The molecule has 0 spiro atoms. The van der Waals surface area contributed by atoms with Gasteiger partial charge >= 0.3 is 5.97 Å². The average Bonchev–Trinajstić information content (AvgIpc) is 2.61. The smallest absolute Gasteiger partial charge is 0.341 e. The molecule has 0 aliphatic carbocycles. The lowest BCUT2D eigenvalue weighted by atomic mass is 10.1. The van der Waals surface area contributed by atoms with E-state index in [-0.39, 0.29) is 5.97 Å². The molecule has 1 aliphatic heterocycles. The monoisotopic (exact) mass is 313 g/mol. The van der Waals surface area contributed by atoms with Gasteiger partial charge in [-0.05, 0) is 19.5 Å². The Morgan fingerprint density at radius 1 is 1.17 bits per heavy atom. The summed E-state index contributed by atoms with van der Waals surface area (Å²) in [7, 11) is 0. The summed E-state index contributed by atoms with van der Waals surface area (Å²) >= 11 is 0. The van der Waals surface area contributed by atoms with Crippen LogP contribution in [0.3, 0.4) is 0 Å². The van der Waals surface area contributed by atoms with Crippen molar-refractivity contribution in [2.24, 2.45) is 0 Å². The van der Waals surface area contributed by atoms with Gasteiger partial charge in [0.25, 0.3) is 0 Å². The zero-order valence-corrected chi connectivity index (χ0v) is 13.8. The molecule has 0 amide bonds. The molecule has 1 aromatic carbocycles. The summed E-state index contributed by atoms with van der Waals surface area (Å²) in [6, 6.07) is 7.98. The third-order valence-corrected chi connectivity index (χ3v) is 4.38. The zero-order valence-electron chi connectivity index (χ0n) is 13.8. The minimum Gasteiger partial charge on any atom is -0.462 e. The second kappa shape index (κ2) is 6.96. The molecule has 5 nitrogen and oxygen atoms in total. The topological polar surface area (TPSA) is 45.7 Å². The van der Waals surface area contributed by atoms with Crippen molar-refractivity contribution < 1.29 is 9.53 Å². The van der Waals surface area contributed by atoms with Gasteiger partial charge in [-0.1, -0.05) is 25.1 Å². The number of benzene rings is 1. The third kappa shape index (κ3) is 3.15. The summed E-state index contributed by atoms with van der Waals surface area (Å²) in [6.45, 7) is 9.28. The van der Waals surface area contributed by atoms with Crippen LogP contribution in [0, 0.1) is 0 Å². The Kier molecular flexibility index (Phi) is 4.76. The molecule has 0 saturated carbocycles. The molecule has 1 aliphatic rings. The van der Waals surface area contributed by atoms with Crippen molar-refractivity contribution in [3.63, 3.8) is 0 Å². The largest absolute Gasteiger partial charge is 0.462 e. The van der Waals surface area contributed by atoms with Crippen molar-refractivity contribution in [3.05, 3.63) is 36.0 Å². The first kappa shape index (κ1) is 15.7. The summed E-state index contributed by atoms with van der Waals surface area (Å²) in [4.78, 5) is 21.5. The zero-order chi connectivity index (χ0) is 16.2. The predicted molar refractivity (Wildman–Crippen MR) is 92.0 cm³/mol. The average molecular weight is 313 g/mol. The van der Waals surface area contributed by atoms with Crippen LogP contribution in [0.5, 0.6) is 0 Å². The number of esters is 1. The highest BCUT2D eigenvalue weighted by Gasteiger charge is 2.24. The third-order valence-electron chi connectivity index (χ3n) is 4.38. The van der Waals surface area contributed by atoms with E-state index < -0.39 is 0 Å². The van der Waals surface area contributed by atoms with E-state index in [2.05, 4.69) is 21.7 Å². The lowest BCUT2D eigenvalue weighted by molar-refractivity contribution is 0.0526. The maximum Gasteiger partial charge on any atom is 0.341 e. The molecule has 1 saturated heterocycles. The Hall–Kier alpha value is -2.14. The number of piperazine rings is 1. The predicted octanol–water partition coefficient (Wildman–Crippen LogP) is 2.55. The van der Waals surface area contributed by atoms with E-state index in [9.17, 15) is 4.79 Å². The van der Waals surface area contributed by atoms with E-state index in [0.29, 0.717) is 12.2 Å². The van der Waals surface area contributed by atoms with E-state index in [4.69, 9.17) is 4.74 Å². The normalized spacial score (nSPS) is 15.8. The number of fused-ring (bicyclic) bond motifs is 1. The van der Waals surface area contributed by atoms with Gasteiger partial charge < -0.3 is 14.5 Å². The van der Waals surface area contributed by atoms with Crippen LogP contribution in [0.15, 0.2) is 30.5 Å². The van der Waals surface area contributed by atoms with Crippen LogP contribution in [0.2, 0.25) is 0 Å². The number of nitrogens with zero attached hydrogens (tertiary/aromatic N) is 3. The van der Waals surface area contributed by atoms with Crippen LogP contribution in [0.1, 0.15) is 24.2 Å². The molecule has 23 heavy (non-hydrogen) atoms. The van der Waals surface area contributed by atoms with E-state index in [1.165, 1.54) is 0 Å². The molecule has 5 heteroatoms. The van der Waals surface area contributed by atoms with Crippen LogP contribution in [0.25, 0.3) is 10.9 Å². The summed E-state index contributed by atoms with van der Waals surface area (Å²) in [5.74, 6) is -0.293. The molecule has 0 atom stereocenters. The standard InChI is InChI=1S/C18H23N3O2/c1-3-20-9-11-21(12-10-20)17-14-7-5-6-8-16(14)19-13-15(17)18(22)23-4-2/h5-8,13H,3-4,9-12H2,1-2H3. The number of aromatic nitrogens is 1. The molecule has 0 bridgehead atoms. The van der Waals surface area contributed by atoms with Crippen molar-refractivity contribution in [1.29, 1.82) is 0 Å². The Morgan fingerprint density at radius 2 is 1.91 bits per heavy atom. The molecule has 0 unspecified atom stereocenters. The molecule has 2 heterocycles. The fourth-order valence-corrected chi connectivity index (χ4v) is 3.11. The number of ether oxygens (including phenoxy) is 1. The number of hydrogen-bond donors (Lipinski definition) is 0. The van der Waals surface area contributed by atoms with Gasteiger partial charge in [-0.15, -0.1) is 0 Å². The number of carbonyl (C=O) groups excluding carboxylic acids is 1. The number of hydrogen-bond acceptors (Lipinski definition) is 5. The Bertz CT molecular complexity index is 694. The lowest BCUT2D eigenvalue weighted by Crippen LogP contribution is -2.46. The molecule has 122 valence electrons. The van der Waals surface area contributed by atoms with Gasteiger partial charge in [-0.25, -0.2) is 4.79 Å². The Labute approximate surface area is 136 Å². The van der Waals surface area contributed by atoms with Crippen LogP contribution in [-0.2, 0) is 4.74 Å². The van der Waals surface area contributed by atoms with E-state index in [1.54, 1.807) is 6.20 Å². The lowest BCUT2D eigenvalue weighted by Gasteiger charge is -2.36. The second-order valence-electron chi connectivity index (χ2n) is 5.68. The summed E-state index contributed by atoms with van der Waals surface area (Å²) in [5, 5.41) is 1.02. The molecule has 0 radical (unpaired) electrons. The first-order valence-corrected chi connectivity index (χ1v) is 8.26. The fourth-order valence-electron chi connectivity index (χ4n) is 3.11. The first-order valence-electron chi connectivity index (χ1n) is 8.26. The summed E-state index contributed by atoms with van der Waals surface area (Å²) < 4.78 is 5.23. The summed E-state index contributed by atoms with van der Waals surface area (Å²) in [5.41, 5.74) is 2.44. The molecule has 2 aromatic rings. The Morgan fingerprint density at radius 3 is 2.61 bits per heavy atom. The van der Waals surface area contributed by atoms with Crippen molar-refractivity contribution in [2.45, 2.75) is 13.8 Å². The van der Waals surface area contributed by atoms with Gasteiger partial charge in [0.2, 0.25) is 0 Å². The van der Waals surface area contributed by atoms with Gasteiger partial charge in [0.15, 0.2) is 0 Å². The highest BCUT2D eigenvalue weighted by Crippen LogP contribution is 2.31. The molecular weight excluding hydrogens is 290 g/mol. The highest BCUT2D eigenvalue weighted by atomic mass is 16.5. The van der Waals surface area contributed by atoms with Gasteiger partial charge in [0.05, 0.1) is 17.8 Å². The van der Waals surface area contributed by atoms with Gasteiger partial charge in [-0.3, -0.25) is 4.98 Å². The van der Waals surface area contributed by atoms with E-state index in [1.807, 2.05) is 31.2 Å². The second-order valence-corrected chi connectivity index (χ2v) is 5.68. The minimum absolute atomic E-state index is 0.293. The van der Waals surface area contributed by atoms with Crippen molar-refractivity contribution in [1.82, 2.24) is 9.88 Å². The van der Waals surface area contributed by atoms with E-state index >= 15 is 0 Å². The van der Waals surface area contributed by atoms with Crippen LogP contribution >= 0.6 is 0 Å². The number of pyridine rings is 1. The maximum atomic E-state index is 12.4. The number of para-hydroxylation sites is 1. The molecule has 0 N–H and O–H groups in total. The van der Waals surface area contributed by atoms with Crippen molar-refractivity contribution >= 4 is 22.6 Å². The maximum absolute atomic E-state index is 12.4. The number of rotatable bonds is 4. The van der Waals surface area contributed by atoms with Crippen LogP contribution < -0.4 is 4.90 Å². The SMILES string of the molecule is CCOC(=O)c1cnc2ccccc2c1N1CCN(CC)CC1. The number of likely N-dealkylation sites (N-methyl/N-ethyl adjacent to an activating group) is 1. The van der Waals surface area contributed by atoms with Crippen LogP contribution in [-0.4, -0.2) is 55.2 Å². The number of carbonyl (C=O) groups is 1. The quantitative estimate of drug-likeness (QED) is 0.812. The molecule has 3 rings (SSSR count). The molecule has 1 aromatic heterocycles. The number of anilines is 1. The summed E-state index contributed by atoms with van der Waals surface area (Å²) in [6.07, 6.45) is 1.65. The Balaban J connectivity index is 2.04. The molecule has 1 fully saturated rings. The highest BCUT2D eigenvalue weighted by molar-refractivity contribution is 6.05. The minimum atomic E-state index is -0.293.